The van der Waals surface area contributed by atoms with E-state index in [1.165, 1.54) is 32.1 Å². The lowest BCUT2D eigenvalue weighted by Crippen LogP contribution is -2.55. The van der Waals surface area contributed by atoms with Crippen molar-refractivity contribution in [1.82, 2.24) is 5.32 Å². The summed E-state index contributed by atoms with van der Waals surface area (Å²) >= 11 is 0. The predicted molar refractivity (Wildman–Crippen MR) is 101 cm³/mol. The molecule has 0 aromatic carbocycles. The van der Waals surface area contributed by atoms with Crippen molar-refractivity contribution in [3.63, 3.8) is 0 Å². The summed E-state index contributed by atoms with van der Waals surface area (Å²) in [7, 11) is 0. The summed E-state index contributed by atoms with van der Waals surface area (Å²) in [6.45, 7) is 11.9. The van der Waals surface area contributed by atoms with Crippen molar-refractivity contribution >= 4 is 6.09 Å². The Morgan fingerprint density at radius 3 is 2.56 bits per heavy atom. The van der Waals surface area contributed by atoms with Crippen LogP contribution < -0.4 is 5.32 Å². The number of alkyl carbamates (subject to hydrolysis) is 1. The molecule has 0 aromatic heterocycles. The van der Waals surface area contributed by atoms with Crippen LogP contribution in [-0.2, 0) is 14.2 Å². The number of hydrogen-bond acceptors (Lipinski definition) is 4. The summed E-state index contributed by atoms with van der Waals surface area (Å²) in [6.07, 6.45) is 10.9. The molecule has 5 nitrogen and oxygen atoms in total. The summed E-state index contributed by atoms with van der Waals surface area (Å²) < 4.78 is 17.0. The van der Waals surface area contributed by atoms with Crippen molar-refractivity contribution in [2.24, 2.45) is 0 Å². The average Bonchev–Trinajstić information content (AvgIpc) is 2.46. The van der Waals surface area contributed by atoms with Crippen molar-refractivity contribution in [1.29, 1.82) is 0 Å². The smallest absolute Gasteiger partial charge is 0.408 e. The van der Waals surface area contributed by atoms with Gasteiger partial charge in [0, 0.05) is 0 Å². The average molecular weight is 356 g/mol. The Labute approximate surface area is 153 Å². The van der Waals surface area contributed by atoms with E-state index in [1.807, 2.05) is 40.7 Å². The molecule has 1 saturated heterocycles. The summed E-state index contributed by atoms with van der Waals surface area (Å²) in [5, 5.41) is 2.87. The van der Waals surface area contributed by atoms with Gasteiger partial charge in [-0.15, -0.1) is 0 Å². The van der Waals surface area contributed by atoms with Gasteiger partial charge in [-0.05, 0) is 47.5 Å². The van der Waals surface area contributed by atoms with Crippen LogP contribution in [-0.4, -0.2) is 36.2 Å². The van der Waals surface area contributed by atoms with Crippen LogP contribution in [0.4, 0.5) is 4.79 Å². The van der Waals surface area contributed by atoms with Crippen molar-refractivity contribution in [3.8, 4) is 0 Å². The zero-order valence-corrected chi connectivity index (χ0v) is 16.9. The first kappa shape index (κ1) is 22.0. The molecule has 0 spiro atoms. The van der Waals surface area contributed by atoms with Crippen LogP contribution >= 0.6 is 0 Å². The van der Waals surface area contributed by atoms with Crippen molar-refractivity contribution in [2.75, 3.05) is 6.61 Å². The first-order valence-corrected chi connectivity index (χ1v) is 9.61. The molecule has 1 amide bonds. The standard InChI is InChI=1S/C20H37NO4/c1-7-8-9-10-11-12-13-14-17-16(15-23-20(5,6)24-17)21-18(22)25-19(2,3)4/h13-14,16-17H,7-12,15H2,1-6H3,(H,21,22)/b14-13+/t16-,17+/m0/s1. The third-order valence-electron chi connectivity index (χ3n) is 3.93. The Bertz CT molecular complexity index is 426. The van der Waals surface area contributed by atoms with Gasteiger partial charge in [0.2, 0.25) is 0 Å². The van der Waals surface area contributed by atoms with Gasteiger partial charge in [-0.2, -0.15) is 0 Å². The predicted octanol–water partition coefficient (Wildman–Crippen LogP) is 4.95. The molecule has 1 fully saturated rings. The highest BCUT2D eigenvalue weighted by atomic mass is 16.7. The maximum atomic E-state index is 12.0. The first-order chi connectivity index (χ1) is 11.6. The molecular formula is C20H37NO4. The molecule has 0 bridgehead atoms. The maximum absolute atomic E-state index is 12.0. The number of hydrogen-bond donors (Lipinski definition) is 1. The van der Waals surface area contributed by atoms with Crippen LogP contribution in [0, 0.1) is 0 Å². The summed E-state index contributed by atoms with van der Waals surface area (Å²) in [4.78, 5) is 12.0. The Morgan fingerprint density at radius 1 is 1.24 bits per heavy atom. The monoisotopic (exact) mass is 355 g/mol. The molecule has 0 aliphatic carbocycles. The van der Waals surface area contributed by atoms with E-state index in [9.17, 15) is 4.79 Å². The van der Waals surface area contributed by atoms with Gasteiger partial charge in [0.05, 0.1) is 12.6 Å². The van der Waals surface area contributed by atoms with Crippen LogP contribution in [0.15, 0.2) is 12.2 Å². The minimum Gasteiger partial charge on any atom is -0.444 e. The highest BCUT2D eigenvalue weighted by molar-refractivity contribution is 5.68. The van der Waals surface area contributed by atoms with E-state index in [2.05, 4.69) is 18.3 Å². The second kappa shape index (κ2) is 10.2. The molecule has 1 N–H and O–H groups in total. The van der Waals surface area contributed by atoms with E-state index in [0.29, 0.717) is 6.61 Å². The second-order valence-electron chi connectivity index (χ2n) is 8.18. The van der Waals surface area contributed by atoms with E-state index < -0.39 is 17.5 Å². The Balaban J connectivity index is 2.52. The first-order valence-electron chi connectivity index (χ1n) is 9.61. The molecule has 0 saturated carbocycles. The van der Waals surface area contributed by atoms with Gasteiger partial charge in [0.15, 0.2) is 5.79 Å². The van der Waals surface area contributed by atoms with Crippen LogP contribution in [0.5, 0.6) is 0 Å². The lowest BCUT2D eigenvalue weighted by Gasteiger charge is -2.40. The van der Waals surface area contributed by atoms with E-state index in [4.69, 9.17) is 14.2 Å². The topological polar surface area (TPSA) is 56.8 Å². The van der Waals surface area contributed by atoms with Crippen molar-refractivity contribution < 1.29 is 19.0 Å². The number of allylic oxidation sites excluding steroid dienone is 1. The van der Waals surface area contributed by atoms with E-state index in [0.717, 1.165) is 6.42 Å². The van der Waals surface area contributed by atoms with Gasteiger partial charge in [-0.3, -0.25) is 0 Å². The number of unbranched alkanes of at least 4 members (excludes halogenated alkanes) is 5. The summed E-state index contributed by atoms with van der Waals surface area (Å²) in [5.41, 5.74) is -0.524. The molecule has 1 aliphatic rings. The van der Waals surface area contributed by atoms with E-state index >= 15 is 0 Å². The Morgan fingerprint density at radius 2 is 1.92 bits per heavy atom. The fourth-order valence-corrected chi connectivity index (χ4v) is 2.68. The molecule has 0 aromatic rings. The summed E-state index contributed by atoms with van der Waals surface area (Å²) in [5.74, 6) is -0.651. The van der Waals surface area contributed by atoms with E-state index in [-0.39, 0.29) is 12.1 Å². The highest BCUT2D eigenvalue weighted by Gasteiger charge is 2.36. The molecule has 1 aliphatic heterocycles. The number of ether oxygens (including phenoxy) is 3. The molecular weight excluding hydrogens is 318 g/mol. The minimum absolute atomic E-state index is 0.216. The molecule has 25 heavy (non-hydrogen) atoms. The quantitative estimate of drug-likeness (QED) is 0.494. The van der Waals surface area contributed by atoms with Crippen molar-refractivity contribution in [3.05, 3.63) is 12.2 Å². The lowest BCUT2D eigenvalue weighted by atomic mass is 10.1. The number of amides is 1. The third-order valence-corrected chi connectivity index (χ3v) is 3.93. The molecule has 146 valence electrons. The molecule has 1 heterocycles. The Hall–Kier alpha value is -1.07. The van der Waals surface area contributed by atoms with Gasteiger partial charge in [-0.25, -0.2) is 4.79 Å². The highest BCUT2D eigenvalue weighted by Crippen LogP contribution is 2.24. The molecule has 0 radical (unpaired) electrons. The van der Waals surface area contributed by atoms with Crippen LogP contribution in [0.25, 0.3) is 0 Å². The van der Waals surface area contributed by atoms with Gasteiger partial charge in [0.1, 0.15) is 11.7 Å². The molecule has 5 heteroatoms. The van der Waals surface area contributed by atoms with E-state index in [1.54, 1.807) is 0 Å². The maximum Gasteiger partial charge on any atom is 0.408 e. The van der Waals surface area contributed by atoms with Crippen LogP contribution in [0.2, 0.25) is 0 Å². The lowest BCUT2D eigenvalue weighted by molar-refractivity contribution is -0.271. The third kappa shape index (κ3) is 9.85. The van der Waals surface area contributed by atoms with Crippen LogP contribution in [0.3, 0.4) is 0 Å². The fourth-order valence-electron chi connectivity index (χ4n) is 2.68. The van der Waals surface area contributed by atoms with Crippen molar-refractivity contribution in [2.45, 2.75) is 104 Å². The van der Waals surface area contributed by atoms with Gasteiger partial charge < -0.3 is 19.5 Å². The fraction of sp³-hybridized carbons (Fsp3) is 0.850. The zero-order chi connectivity index (χ0) is 18.9. The molecule has 2 atom stereocenters. The number of nitrogens with one attached hydrogen (secondary N) is 1. The molecule has 1 rings (SSSR count). The normalized spacial score (nSPS) is 23.6. The summed E-state index contributed by atoms with van der Waals surface area (Å²) in [6, 6.07) is -0.251. The number of rotatable bonds is 8. The number of carbonyl (C=O) groups excluding carboxylic acids is 1. The zero-order valence-electron chi connectivity index (χ0n) is 16.9. The number of carbonyl (C=O) groups is 1. The minimum atomic E-state index is -0.651. The van der Waals surface area contributed by atoms with Gasteiger partial charge in [-0.1, -0.05) is 44.8 Å². The second-order valence-corrected chi connectivity index (χ2v) is 8.18. The van der Waals surface area contributed by atoms with Crippen LogP contribution in [0.1, 0.15) is 80.1 Å². The van der Waals surface area contributed by atoms with Gasteiger partial charge in [0.25, 0.3) is 0 Å². The Kier molecular flexibility index (Phi) is 8.94. The largest absolute Gasteiger partial charge is 0.444 e. The molecule has 0 unspecified atom stereocenters. The SMILES string of the molecule is CCCCCCC/C=C/[C@H]1OC(C)(C)OC[C@@H]1NC(=O)OC(C)(C)C. The van der Waals surface area contributed by atoms with Gasteiger partial charge >= 0.3 is 6.09 Å².